The molecule has 3 aromatic rings. The van der Waals surface area contributed by atoms with Crippen molar-refractivity contribution in [1.82, 2.24) is 10.2 Å². The van der Waals surface area contributed by atoms with Gasteiger partial charge in [0.25, 0.3) is 5.91 Å². The molecular weight excluding hydrogens is 386 g/mol. The largest absolute Gasteiger partial charge is 0.296 e. The van der Waals surface area contributed by atoms with Gasteiger partial charge in [0.2, 0.25) is 5.13 Å². The number of nitrogens with one attached hydrogen (secondary N) is 1. The molecule has 3 rings (SSSR count). The number of carbonyl (C=O) groups excluding carboxylic acids is 1. The highest BCUT2D eigenvalue weighted by atomic mass is 79.9. The van der Waals surface area contributed by atoms with E-state index in [2.05, 4.69) is 31.4 Å². The van der Waals surface area contributed by atoms with Gasteiger partial charge in [-0.3, -0.25) is 10.1 Å². The van der Waals surface area contributed by atoms with Gasteiger partial charge in [-0.1, -0.05) is 69.2 Å². The van der Waals surface area contributed by atoms with Crippen molar-refractivity contribution in [3.63, 3.8) is 0 Å². The van der Waals surface area contributed by atoms with Gasteiger partial charge in [0.1, 0.15) is 5.01 Å². The molecule has 0 aliphatic carbocycles. The Labute approximate surface area is 144 Å². The Morgan fingerprint density at radius 1 is 1.14 bits per heavy atom. The van der Waals surface area contributed by atoms with Crippen LogP contribution in [0.1, 0.15) is 10.4 Å². The molecule has 4 nitrogen and oxygen atoms in total. The van der Waals surface area contributed by atoms with E-state index in [1.165, 1.54) is 11.3 Å². The van der Waals surface area contributed by atoms with Gasteiger partial charge >= 0.3 is 0 Å². The van der Waals surface area contributed by atoms with E-state index >= 15 is 0 Å². The van der Waals surface area contributed by atoms with E-state index in [4.69, 9.17) is 11.6 Å². The lowest BCUT2D eigenvalue weighted by Gasteiger charge is -2.04. The second-order valence-corrected chi connectivity index (χ2v) is 6.66. The molecule has 0 saturated carbocycles. The number of benzene rings is 2. The van der Waals surface area contributed by atoms with Crippen molar-refractivity contribution in [2.24, 2.45) is 0 Å². The molecule has 0 aliphatic rings. The maximum atomic E-state index is 12.3. The number of amides is 1. The highest BCUT2D eigenvalue weighted by Crippen LogP contribution is 2.27. The molecule has 7 heteroatoms. The summed E-state index contributed by atoms with van der Waals surface area (Å²) in [5.41, 5.74) is 1.34. The van der Waals surface area contributed by atoms with Gasteiger partial charge in [0.15, 0.2) is 0 Å². The zero-order valence-electron chi connectivity index (χ0n) is 11.1. The van der Waals surface area contributed by atoms with Crippen molar-refractivity contribution in [3.8, 4) is 10.6 Å². The third-order valence-electron chi connectivity index (χ3n) is 2.84. The maximum absolute atomic E-state index is 12.3. The fraction of sp³-hybridized carbons (Fsp3) is 0. The van der Waals surface area contributed by atoms with Crippen molar-refractivity contribution >= 4 is 49.9 Å². The van der Waals surface area contributed by atoms with Crippen molar-refractivity contribution in [3.05, 3.63) is 63.6 Å². The monoisotopic (exact) mass is 393 g/mol. The Bertz CT molecular complexity index is 823. The van der Waals surface area contributed by atoms with Crippen LogP contribution in [0.25, 0.3) is 10.6 Å². The lowest BCUT2D eigenvalue weighted by atomic mass is 10.2. The molecule has 1 aromatic heterocycles. The normalized spacial score (nSPS) is 10.5. The van der Waals surface area contributed by atoms with Crippen LogP contribution in [0, 0.1) is 0 Å². The van der Waals surface area contributed by atoms with Crippen LogP contribution in [-0.4, -0.2) is 16.1 Å². The molecule has 110 valence electrons. The molecule has 22 heavy (non-hydrogen) atoms. The smallest absolute Gasteiger partial charge is 0.259 e. The number of carbonyl (C=O) groups is 1. The average Bonchev–Trinajstić information content (AvgIpc) is 2.99. The Morgan fingerprint density at radius 3 is 2.68 bits per heavy atom. The molecular formula is C15H9BrClN3OS. The number of nitrogens with zero attached hydrogens (tertiary/aromatic N) is 2. The van der Waals surface area contributed by atoms with Gasteiger partial charge in [-0.05, 0) is 18.2 Å². The SMILES string of the molecule is O=C(Nc1nnc(-c2ccccc2)s1)c1cc(Br)ccc1Cl. The summed E-state index contributed by atoms with van der Waals surface area (Å²) in [6.07, 6.45) is 0. The van der Waals surface area contributed by atoms with E-state index in [1.807, 2.05) is 30.3 Å². The zero-order valence-corrected chi connectivity index (χ0v) is 14.2. The Morgan fingerprint density at radius 2 is 1.91 bits per heavy atom. The van der Waals surface area contributed by atoms with Crippen LogP contribution >= 0.6 is 38.9 Å². The lowest BCUT2D eigenvalue weighted by Crippen LogP contribution is -2.12. The molecule has 0 saturated heterocycles. The topological polar surface area (TPSA) is 54.9 Å². The highest BCUT2D eigenvalue weighted by Gasteiger charge is 2.14. The Balaban J connectivity index is 1.81. The zero-order chi connectivity index (χ0) is 15.5. The summed E-state index contributed by atoms with van der Waals surface area (Å²) in [7, 11) is 0. The van der Waals surface area contributed by atoms with Crippen LogP contribution in [0.15, 0.2) is 53.0 Å². The van der Waals surface area contributed by atoms with Crippen LogP contribution in [0.4, 0.5) is 5.13 Å². The second-order valence-electron chi connectivity index (χ2n) is 4.36. The number of aromatic nitrogens is 2. The lowest BCUT2D eigenvalue weighted by molar-refractivity contribution is 0.102. The van der Waals surface area contributed by atoms with Crippen LogP contribution in [0.3, 0.4) is 0 Å². The van der Waals surface area contributed by atoms with Gasteiger partial charge in [0, 0.05) is 10.0 Å². The molecule has 0 atom stereocenters. The molecule has 0 spiro atoms. The first-order valence-corrected chi connectivity index (χ1v) is 8.27. The molecule has 1 heterocycles. The van der Waals surface area contributed by atoms with Gasteiger partial charge < -0.3 is 0 Å². The number of hydrogen-bond acceptors (Lipinski definition) is 4. The molecule has 1 amide bonds. The van der Waals surface area contributed by atoms with E-state index in [9.17, 15) is 4.79 Å². The summed E-state index contributed by atoms with van der Waals surface area (Å²) in [5.74, 6) is -0.318. The number of hydrogen-bond donors (Lipinski definition) is 1. The first kappa shape index (κ1) is 15.1. The summed E-state index contributed by atoms with van der Waals surface area (Å²) in [5, 5.41) is 12.4. The van der Waals surface area contributed by atoms with Crippen molar-refractivity contribution in [2.45, 2.75) is 0 Å². The predicted octanol–water partition coefficient (Wildman–Crippen LogP) is 4.87. The van der Waals surface area contributed by atoms with Gasteiger partial charge in [-0.15, -0.1) is 10.2 Å². The predicted molar refractivity (Wildman–Crippen MR) is 92.5 cm³/mol. The molecule has 1 N–H and O–H groups in total. The van der Waals surface area contributed by atoms with Gasteiger partial charge in [-0.2, -0.15) is 0 Å². The highest BCUT2D eigenvalue weighted by molar-refractivity contribution is 9.10. The van der Waals surface area contributed by atoms with E-state index in [1.54, 1.807) is 18.2 Å². The average molecular weight is 395 g/mol. The van der Waals surface area contributed by atoms with Crippen molar-refractivity contribution in [1.29, 1.82) is 0 Å². The summed E-state index contributed by atoms with van der Waals surface area (Å²) >= 11 is 10.7. The third-order valence-corrected chi connectivity index (χ3v) is 4.55. The molecule has 0 unspecified atom stereocenters. The second kappa shape index (κ2) is 6.56. The van der Waals surface area contributed by atoms with Crippen molar-refractivity contribution in [2.75, 3.05) is 5.32 Å². The van der Waals surface area contributed by atoms with E-state index in [0.717, 1.165) is 15.0 Å². The first-order chi connectivity index (χ1) is 10.6. The minimum atomic E-state index is -0.318. The fourth-order valence-electron chi connectivity index (χ4n) is 1.81. The molecule has 0 radical (unpaired) electrons. The van der Waals surface area contributed by atoms with E-state index in [-0.39, 0.29) is 5.91 Å². The van der Waals surface area contributed by atoms with Crippen LogP contribution < -0.4 is 5.32 Å². The quantitative estimate of drug-likeness (QED) is 0.689. The van der Waals surface area contributed by atoms with Gasteiger partial charge in [-0.25, -0.2) is 0 Å². The Kier molecular flexibility index (Phi) is 4.52. The fourth-order valence-corrected chi connectivity index (χ4v) is 3.12. The Hall–Kier alpha value is -1.76. The summed E-state index contributed by atoms with van der Waals surface area (Å²) in [6.45, 7) is 0. The molecule has 0 fully saturated rings. The van der Waals surface area contributed by atoms with Crippen molar-refractivity contribution < 1.29 is 4.79 Å². The van der Waals surface area contributed by atoms with Crippen LogP contribution in [0.5, 0.6) is 0 Å². The molecule has 0 bridgehead atoms. The number of halogens is 2. The summed E-state index contributed by atoms with van der Waals surface area (Å²) in [4.78, 5) is 12.3. The van der Waals surface area contributed by atoms with E-state index in [0.29, 0.717) is 15.7 Å². The standard InChI is InChI=1S/C15H9BrClN3OS/c16-10-6-7-12(17)11(8-10)13(21)18-15-20-19-14(22-15)9-4-2-1-3-5-9/h1-8H,(H,18,20,21). The van der Waals surface area contributed by atoms with E-state index < -0.39 is 0 Å². The van der Waals surface area contributed by atoms with Gasteiger partial charge in [0.05, 0.1) is 10.6 Å². The minimum Gasteiger partial charge on any atom is -0.296 e. The third kappa shape index (κ3) is 3.35. The van der Waals surface area contributed by atoms with Crippen LogP contribution in [0.2, 0.25) is 5.02 Å². The van der Waals surface area contributed by atoms with Crippen LogP contribution in [-0.2, 0) is 0 Å². The first-order valence-electron chi connectivity index (χ1n) is 6.29. The molecule has 2 aromatic carbocycles. The summed E-state index contributed by atoms with van der Waals surface area (Å²) < 4.78 is 0.782. The number of rotatable bonds is 3. The minimum absolute atomic E-state index is 0.318. The number of anilines is 1. The maximum Gasteiger partial charge on any atom is 0.259 e. The molecule has 0 aliphatic heterocycles. The summed E-state index contributed by atoms with van der Waals surface area (Å²) in [6, 6.07) is 14.8.